The molecular weight excluding hydrogens is 497 g/mol. The molecule has 1 atom stereocenters. The summed E-state index contributed by atoms with van der Waals surface area (Å²) in [5, 5.41) is 1.01. The molecule has 1 aromatic heterocycles. The van der Waals surface area contributed by atoms with E-state index in [2.05, 4.69) is 10.8 Å². The number of hydrogen-bond donors (Lipinski definition) is 0. The van der Waals surface area contributed by atoms with Gasteiger partial charge in [0.1, 0.15) is 18.0 Å². The molecule has 8 heteroatoms. The summed E-state index contributed by atoms with van der Waals surface area (Å²) in [6.45, 7) is 7.72. The predicted octanol–water partition coefficient (Wildman–Crippen LogP) is 6.70. The summed E-state index contributed by atoms with van der Waals surface area (Å²) in [5.74, 6) is -0.272. The number of carbonyl (C=O) groups excluding carboxylic acids is 2. The minimum absolute atomic E-state index is 0.0337. The molecule has 3 heterocycles. The molecule has 0 aliphatic carbocycles. The first kappa shape index (κ1) is 27.0. The number of likely N-dealkylation sites (tertiary alicyclic amines) is 2. The van der Waals surface area contributed by atoms with Crippen LogP contribution in [0.3, 0.4) is 0 Å². The van der Waals surface area contributed by atoms with E-state index in [1.54, 1.807) is 11.0 Å². The van der Waals surface area contributed by atoms with Crippen molar-refractivity contribution in [1.82, 2.24) is 14.4 Å². The Bertz CT molecular complexity index is 1310. The van der Waals surface area contributed by atoms with Crippen molar-refractivity contribution < 1.29 is 23.5 Å². The molecule has 2 aliphatic rings. The van der Waals surface area contributed by atoms with Gasteiger partial charge < -0.3 is 23.8 Å². The number of piperidine rings is 1. The highest BCUT2D eigenvalue weighted by Crippen LogP contribution is 2.33. The van der Waals surface area contributed by atoms with Crippen LogP contribution in [0.5, 0.6) is 0 Å². The van der Waals surface area contributed by atoms with Crippen molar-refractivity contribution in [3.8, 4) is 0 Å². The monoisotopic (exact) mass is 535 g/mol. The summed E-state index contributed by atoms with van der Waals surface area (Å²) < 4.78 is 27.7. The predicted molar refractivity (Wildman–Crippen MR) is 148 cm³/mol. The van der Waals surface area contributed by atoms with Gasteiger partial charge in [-0.3, -0.25) is 0 Å². The molecule has 2 saturated heterocycles. The normalized spacial score (nSPS) is 18.5. The molecule has 0 radical (unpaired) electrons. The van der Waals surface area contributed by atoms with Crippen molar-refractivity contribution in [1.29, 1.82) is 0 Å². The number of rotatable bonds is 5. The van der Waals surface area contributed by atoms with E-state index in [9.17, 15) is 14.0 Å². The van der Waals surface area contributed by atoms with Crippen molar-refractivity contribution >= 4 is 23.1 Å². The molecule has 5 rings (SSSR count). The lowest BCUT2D eigenvalue weighted by molar-refractivity contribution is 0.0189. The molecule has 7 nitrogen and oxygen atoms in total. The number of amides is 2. The Labute approximate surface area is 229 Å². The van der Waals surface area contributed by atoms with Crippen LogP contribution in [0.15, 0.2) is 54.7 Å². The second-order valence-electron chi connectivity index (χ2n) is 11.7. The smallest absolute Gasteiger partial charge is 0.410 e. The summed E-state index contributed by atoms with van der Waals surface area (Å²) in [6, 6.07) is 14.8. The quantitative estimate of drug-likeness (QED) is 0.365. The van der Waals surface area contributed by atoms with Gasteiger partial charge in [0.25, 0.3) is 0 Å². The van der Waals surface area contributed by atoms with Crippen molar-refractivity contribution in [2.45, 2.75) is 77.2 Å². The average molecular weight is 536 g/mol. The minimum atomic E-state index is -0.529. The van der Waals surface area contributed by atoms with Crippen LogP contribution >= 0.6 is 0 Å². The molecule has 0 spiro atoms. The van der Waals surface area contributed by atoms with Crippen LogP contribution in [0.2, 0.25) is 0 Å². The van der Waals surface area contributed by atoms with Gasteiger partial charge in [0, 0.05) is 43.3 Å². The Balaban J connectivity index is 1.29. The summed E-state index contributed by atoms with van der Waals surface area (Å²) in [7, 11) is 0. The van der Waals surface area contributed by atoms with Gasteiger partial charge in [0.2, 0.25) is 0 Å². The topological polar surface area (TPSA) is 64.0 Å². The first-order valence-corrected chi connectivity index (χ1v) is 13.9. The number of benzene rings is 2. The standard InChI is InChI=1S/C31H38FN3O4/c1-31(2,3)39-29(36)33-16-13-25(14-17-33)35-20-23(27-12-11-24(32)19-28(27)35)18-26-10-7-15-34(26)30(37)38-21-22-8-5-4-6-9-22/h4-6,8-9,11-12,19-20,25-26H,7,10,13-18,21H2,1-3H3/t26-/m0/s1. The Morgan fingerprint density at radius 1 is 0.974 bits per heavy atom. The number of fused-ring (bicyclic) bond motifs is 1. The molecule has 2 aliphatic heterocycles. The number of aromatic nitrogens is 1. The lowest BCUT2D eigenvalue weighted by Gasteiger charge is -2.34. The van der Waals surface area contributed by atoms with Gasteiger partial charge in [-0.2, -0.15) is 0 Å². The highest BCUT2D eigenvalue weighted by Gasteiger charge is 2.32. The first-order chi connectivity index (χ1) is 18.7. The highest BCUT2D eigenvalue weighted by molar-refractivity contribution is 5.84. The third-order valence-electron chi connectivity index (χ3n) is 7.66. The molecular formula is C31H38FN3O4. The molecule has 3 aromatic rings. The Morgan fingerprint density at radius 2 is 1.72 bits per heavy atom. The van der Waals surface area contributed by atoms with Crippen molar-refractivity contribution in [3.63, 3.8) is 0 Å². The van der Waals surface area contributed by atoms with Gasteiger partial charge in [0.15, 0.2) is 0 Å². The average Bonchev–Trinajstić information content (AvgIpc) is 3.52. The van der Waals surface area contributed by atoms with Crippen molar-refractivity contribution in [3.05, 3.63) is 71.7 Å². The molecule has 2 amide bonds. The zero-order valence-corrected chi connectivity index (χ0v) is 23.1. The van der Waals surface area contributed by atoms with Crippen molar-refractivity contribution in [2.24, 2.45) is 0 Å². The van der Waals surface area contributed by atoms with Gasteiger partial charge in [-0.1, -0.05) is 30.3 Å². The molecule has 2 fully saturated rings. The fourth-order valence-corrected chi connectivity index (χ4v) is 5.76. The van der Waals surface area contributed by atoms with Crippen LogP contribution < -0.4 is 0 Å². The Morgan fingerprint density at radius 3 is 2.44 bits per heavy atom. The maximum Gasteiger partial charge on any atom is 0.410 e. The second-order valence-corrected chi connectivity index (χ2v) is 11.7. The number of nitrogens with zero attached hydrogens (tertiary/aromatic N) is 3. The number of carbonyl (C=O) groups is 2. The van der Waals surface area contributed by atoms with Crippen LogP contribution in [-0.2, 0) is 22.5 Å². The fraction of sp³-hybridized carbons (Fsp3) is 0.484. The molecule has 39 heavy (non-hydrogen) atoms. The molecule has 0 N–H and O–H groups in total. The number of halogens is 1. The third kappa shape index (κ3) is 6.37. The van der Waals surface area contributed by atoms with E-state index in [1.165, 1.54) is 6.07 Å². The van der Waals surface area contributed by atoms with Gasteiger partial charge in [-0.15, -0.1) is 0 Å². The number of hydrogen-bond acceptors (Lipinski definition) is 4. The third-order valence-corrected chi connectivity index (χ3v) is 7.66. The minimum Gasteiger partial charge on any atom is -0.445 e. The SMILES string of the molecule is CC(C)(C)OC(=O)N1CCC(n2cc(C[C@@H]3CCCN3C(=O)OCc3ccccc3)c3ccc(F)cc32)CC1. The molecule has 0 saturated carbocycles. The lowest BCUT2D eigenvalue weighted by Crippen LogP contribution is -2.42. The van der Waals surface area contributed by atoms with E-state index >= 15 is 0 Å². The van der Waals surface area contributed by atoms with E-state index in [0.29, 0.717) is 26.1 Å². The van der Waals surface area contributed by atoms with Crippen LogP contribution in [0, 0.1) is 5.82 Å². The zero-order chi connectivity index (χ0) is 27.6. The molecule has 0 bridgehead atoms. The maximum absolute atomic E-state index is 14.4. The van der Waals surface area contributed by atoms with Gasteiger partial charge in [-0.05, 0) is 82.2 Å². The van der Waals surface area contributed by atoms with E-state index in [0.717, 1.165) is 47.7 Å². The largest absolute Gasteiger partial charge is 0.445 e. The van der Waals surface area contributed by atoms with E-state index < -0.39 is 5.60 Å². The van der Waals surface area contributed by atoms with Crippen LogP contribution in [0.25, 0.3) is 10.9 Å². The van der Waals surface area contributed by atoms with Crippen LogP contribution in [0.4, 0.5) is 14.0 Å². The van der Waals surface area contributed by atoms with Gasteiger partial charge in [-0.25, -0.2) is 14.0 Å². The maximum atomic E-state index is 14.4. The molecule has 2 aromatic carbocycles. The zero-order valence-electron chi connectivity index (χ0n) is 23.1. The molecule has 0 unspecified atom stereocenters. The van der Waals surface area contributed by atoms with Crippen molar-refractivity contribution in [2.75, 3.05) is 19.6 Å². The van der Waals surface area contributed by atoms with E-state index in [1.807, 2.05) is 62.1 Å². The summed E-state index contributed by atoms with van der Waals surface area (Å²) in [6.07, 6.45) is 5.61. The Kier molecular flexibility index (Phi) is 7.82. The lowest BCUT2D eigenvalue weighted by atomic mass is 10.0. The summed E-state index contributed by atoms with van der Waals surface area (Å²) in [4.78, 5) is 29.1. The van der Waals surface area contributed by atoms with Crippen LogP contribution in [0.1, 0.15) is 63.6 Å². The summed E-state index contributed by atoms with van der Waals surface area (Å²) in [5.41, 5.74) is 2.40. The van der Waals surface area contributed by atoms with Gasteiger partial charge in [0.05, 0.1) is 5.52 Å². The second kappa shape index (κ2) is 11.3. The molecule has 208 valence electrons. The first-order valence-electron chi connectivity index (χ1n) is 13.9. The van der Waals surface area contributed by atoms with Crippen LogP contribution in [-0.4, -0.2) is 57.8 Å². The van der Waals surface area contributed by atoms with Gasteiger partial charge >= 0.3 is 12.2 Å². The fourth-order valence-electron chi connectivity index (χ4n) is 5.76. The number of ether oxygens (including phenoxy) is 2. The summed E-state index contributed by atoms with van der Waals surface area (Å²) >= 11 is 0. The van der Waals surface area contributed by atoms with E-state index in [4.69, 9.17) is 9.47 Å². The Hall–Kier alpha value is -3.55. The van der Waals surface area contributed by atoms with E-state index in [-0.39, 0.29) is 36.7 Å². The highest BCUT2D eigenvalue weighted by atomic mass is 19.1.